The molecule has 0 radical (unpaired) electrons. The minimum Gasteiger partial charge on any atom is -0.495 e. The first-order chi connectivity index (χ1) is 13.3. The van der Waals surface area contributed by atoms with Crippen LogP contribution in [-0.4, -0.2) is 36.6 Å². The van der Waals surface area contributed by atoms with Crippen LogP contribution in [0.2, 0.25) is 0 Å². The number of hydrogen-bond acceptors (Lipinski definition) is 2. The van der Waals surface area contributed by atoms with E-state index in [1.54, 1.807) is 7.11 Å². The van der Waals surface area contributed by atoms with Crippen molar-refractivity contribution in [2.24, 2.45) is 0 Å². The summed E-state index contributed by atoms with van der Waals surface area (Å²) in [7, 11) is 1.73. The molecule has 2 heterocycles. The highest BCUT2D eigenvalue weighted by Gasteiger charge is 2.13. The van der Waals surface area contributed by atoms with Crippen LogP contribution in [0.15, 0.2) is 60.8 Å². The molecule has 0 spiro atoms. The van der Waals surface area contributed by atoms with Crippen molar-refractivity contribution in [2.45, 2.75) is 25.7 Å². The van der Waals surface area contributed by atoms with E-state index in [0.29, 0.717) is 0 Å². The van der Waals surface area contributed by atoms with Crippen LogP contribution in [0.5, 0.6) is 5.75 Å². The standard InChI is InChI=1S/C24H28N2O/c1-27-23-11-10-21(22-12-15-25-24(22)23)9-5-6-16-26-17-13-20(14-18-26)19-7-3-2-4-8-19/h2-4,7-8,10-13,15,25H,5-6,9,14,16-18H2,1H3. The molecule has 0 aliphatic carbocycles. The first kappa shape index (κ1) is 17.9. The Morgan fingerprint density at radius 1 is 1.04 bits per heavy atom. The maximum absolute atomic E-state index is 5.44. The predicted octanol–water partition coefficient (Wildman–Crippen LogP) is 5.29. The number of benzene rings is 2. The third-order valence-corrected chi connectivity index (χ3v) is 5.60. The molecule has 0 saturated carbocycles. The Morgan fingerprint density at radius 3 is 2.70 bits per heavy atom. The fraction of sp³-hybridized carbons (Fsp3) is 0.333. The molecule has 3 nitrogen and oxygen atoms in total. The van der Waals surface area contributed by atoms with Crippen LogP contribution in [0.3, 0.4) is 0 Å². The van der Waals surface area contributed by atoms with E-state index < -0.39 is 0 Å². The fourth-order valence-electron chi connectivity index (χ4n) is 4.06. The number of unbranched alkanes of at least 4 members (excludes halogenated alkanes) is 1. The average molecular weight is 361 g/mol. The smallest absolute Gasteiger partial charge is 0.142 e. The van der Waals surface area contributed by atoms with Crippen LogP contribution in [0.1, 0.15) is 30.4 Å². The van der Waals surface area contributed by atoms with E-state index in [9.17, 15) is 0 Å². The summed E-state index contributed by atoms with van der Waals surface area (Å²) in [5.41, 5.74) is 5.41. The lowest BCUT2D eigenvalue weighted by atomic mass is 9.99. The van der Waals surface area contributed by atoms with Crippen molar-refractivity contribution in [3.63, 3.8) is 0 Å². The molecule has 1 N–H and O–H groups in total. The van der Waals surface area contributed by atoms with Gasteiger partial charge in [0.2, 0.25) is 0 Å². The minimum absolute atomic E-state index is 0.924. The minimum atomic E-state index is 0.924. The lowest BCUT2D eigenvalue weighted by Gasteiger charge is -2.26. The second-order valence-corrected chi connectivity index (χ2v) is 7.30. The Bertz CT molecular complexity index is 911. The molecule has 0 fully saturated rings. The van der Waals surface area contributed by atoms with Gasteiger partial charge in [-0.2, -0.15) is 0 Å². The highest BCUT2D eigenvalue weighted by Crippen LogP contribution is 2.28. The molecule has 0 atom stereocenters. The normalized spacial score (nSPS) is 15.1. The van der Waals surface area contributed by atoms with E-state index in [1.807, 2.05) is 6.20 Å². The molecule has 1 aliphatic heterocycles. The van der Waals surface area contributed by atoms with Crippen molar-refractivity contribution in [2.75, 3.05) is 26.7 Å². The largest absolute Gasteiger partial charge is 0.495 e. The first-order valence-electron chi connectivity index (χ1n) is 9.95. The van der Waals surface area contributed by atoms with Crippen molar-refractivity contribution in [3.05, 3.63) is 71.9 Å². The van der Waals surface area contributed by atoms with E-state index >= 15 is 0 Å². The van der Waals surface area contributed by atoms with Gasteiger partial charge in [-0.3, -0.25) is 4.90 Å². The molecular formula is C24H28N2O. The van der Waals surface area contributed by atoms with Crippen LogP contribution in [0, 0.1) is 0 Å². The number of hydrogen-bond donors (Lipinski definition) is 1. The molecular weight excluding hydrogens is 332 g/mol. The zero-order valence-corrected chi connectivity index (χ0v) is 16.1. The fourth-order valence-corrected chi connectivity index (χ4v) is 4.06. The number of aromatic amines is 1. The van der Waals surface area contributed by atoms with Gasteiger partial charge in [-0.25, -0.2) is 0 Å². The molecule has 140 valence electrons. The molecule has 0 unspecified atom stereocenters. The summed E-state index contributed by atoms with van der Waals surface area (Å²) in [5, 5.41) is 1.29. The van der Waals surface area contributed by atoms with E-state index in [-0.39, 0.29) is 0 Å². The average Bonchev–Trinajstić information content (AvgIpc) is 3.22. The van der Waals surface area contributed by atoms with Gasteiger partial charge in [0.15, 0.2) is 0 Å². The molecule has 0 amide bonds. The van der Waals surface area contributed by atoms with Crippen LogP contribution in [-0.2, 0) is 6.42 Å². The summed E-state index contributed by atoms with van der Waals surface area (Å²) in [6.45, 7) is 3.44. The Morgan fingerprint density at radius 2 is 1.93 bits per heavy atom. The maximum Gasteiger partial charge on any atom is 0.142 e. The summed E-state index contributed by atoms with van der Waals surface area (Å²) in [6, 6.07) is 17.2. The molecule has 4 rings (SSSR count). The van der Waals surface area contributed by atoms with E-state index in [0.717, 1.165) is 30.7 Å². The topological polar surface area (TPSA) is 28.3 Å². The van der Waals surface area contributed by atoms with Crippen LogP contribution < -0.4 is 4.74 Å². The van der Waals surface area contributed by atoms with Gasteiger partial charge >= 0.3 is 0 Å². The lowest BCUT2D eigenvalue weighted by molar-refractivity contribution is 0.295. The molecule has 0 bridgehead atoms. The highest BCUT2D eigenvalue weighted by atomic mass is 16.5. The van der Waals surface area contributed by atoms with Gasteiger partial charge in [0.05, 0.1) is 12.6 Å². The van der Waals surface area contributed by atoms with Gasteiger partial charge in [-0.1, -0.05) is 42.5 Å². The molecule has 1 aromatic heterocycles. The van der Waals surface area contributed by atoms with Crippen molar-refractivity contribution in [3.8, 4) is 5.75 Å². The summed E-state index contributed by atoms with van der Waals surface area (Å²) in [6.07, 6.45) is 9.15. The molecule has 27 heavy (non-hydrogen) atoms. The van der Waals surface area contributed by atoms with E-state index in [2.05, 4.69) is 64.5 Å². The zero-order chi connectivity index (χ0) is 18.5. The second-order valence-electron chi connectivity index (χ2n) is 7.30. The van der Waals surface area contributed by atoms with Gasteiger partial charge in [-0.15, -0.1) is 0 Å². The summed E-state index contributed by atoms with van der Waals surface area (Å²) in [5.74, 6) is 0.924. The number of aryl methyl sites for hydroxylation is 1. The SMILES string of the molecule is COc1ccc(CCCCN2CC=C(c3ccccc3)CC2)c2cc[nH]c12. The maximum atomic E-state index is 5.44. The molecule has 2 aromatic carbocycles. The van der Waals surface area contributed by atoms with Crippen LogP contribution in [0.25, 0.3) is 16.5 Å². The quantitative estimate of drug-likeness (QED) is 0.580. The monoisotopic (exact) mass is 360 g/mol. The van der Waals surface area contributed by atoms with Crippen molar-refractivity contribution in [1.82, 2.24) is 9.88 Å². The Kier molecular flexibility index (Phi) is 5.59. The highest BCUT2D eigenvalue weighted by molar-refractivity contribution is 5.88. The van der Waals surface area contributed by atoms with Gasteiger partial charge in [-0.05, 0) is 61.1 Å². The van der Waals surface area contributed by atoms with Crippen molar-refractivity contribution < 1.29 is 4.74 Å². The van der Waals surface area contributed by atoms with E-state index in [1.165, 1.54) is 48.0 Å². The molecule has 0 saturated heterocycles. The molecule has 3 aromatic rings. The van der Waals surface area contributed by atoms with Gasteiger partial charge in [0, 0.05) is 24.7 Å². The number of nitrogens with zero attached hydrogens (tertiary/aromatic N) is 1. The number of aromatic nitrogens is 1. The number of rotatable bonds is 7. The van der Waals surface area contributed by atoms with Gasteiger partial charge < -0.3 is 9.72 Å². The number of methoxy groups -OCH3 is 1. The Balaban J connectivity index is 1.27. The summed E-state index contributed by atoms with van der Waals surface area (Å²) in [4.78, 5) is 5.88. The van der Waals surface area contributed by atoms with E-state index in [4.69, 9.17) is 4.74 Å². The van der Waals surface area contributed by atoms with Crippen molar-refractivity contribution >= 4 is 16.5 Å². The first-order valence-corrected chi connectivity index (χ1v) is 9.95. The third kappa shape index (κ3) is 4.09. The summed E-state index contributed by atoms with van der Waals surface area (Å²) >= 11 is 0. The Labute approximate surface area is 161 Å². The number of ether oxygens (including phenoxy) is 1. The van der Waals surface area contributed by atoms with Crippen molar-refractivity contribution in [1.29, 1.82) is 0 Å². The number of H-pyrrole nitrogens is 1. The predicted molar refractivity (Wildman–Crippen MR) is 113 cm³/mol. The molecule has 3 heteroatoms. The third-order valence-electron chi connectivity index (χ3n) is 5.60. The van der Waals surface area contributed by atoms with Gasteiger partial charge in [0.1, 0.15) is 5.75 Å². The number of nitrogens with one attached hydrogen (secondary N) is 1. The zero-order valence-electron chi connectivity index (χ0n) is 16.1. The number of fused-ring (bicyclic) bond motifs is 1. The van der Waals surface area contributed by atoms with Crippen LogP contribution in [0.4, 0.5) is 0 Å². The van der Waals surface area contributed by atoms with Crippen LogP contribution >= 0.6 is 0 Å². The van der Waals surface area contributed by atoms with Gasteiger partial charge in [0.25, 0.3) is 0 Å². The lowest BCUT2D eigenvalue weighted by Crippen LogP contribution is -2.29. The second kappa shape index (κ2) is 8.45. The molecule has 1 aliphatic rings. The summed E-state index contributed by atoms with van der Waals surface area (Å²) < 4.78 is 5.44. The Hall–Kier alpha value is -2.52.